The molecule has 4 aromatic rings. The molecule has 254 valence electrons. The number of aromatic nitrogens is 3. The third kappa shape index (κ3) is 4.97. The number of anilines is 1. The number of pyridine rings is 1. The highest BCUT2D eigenvalue weighted by molar-refractivity contribution is 5.96. The highest BCUT2D eigenvalue weighted by Gasteiger charge is 2.49. The monoisotopic (exact) mass is 670 g/mol. The Balaban J connectivity index is 1.37. The number of hydrogen-bond acceptors (Lipinski definition) is 8. The lowest BCUT2D eigenvalue weighted by Crippen LogP contribution is -2.61. The lowest BCUT2D eigenvalue weighted by molar-refractivity contribution is -0.142. The van der Waals surface area contributed by atoms with Crippen molar-refractivity contribution in [3.05, 3.63) is 57.8 Å². The number of phenols is 1. The van der Waals surface area contributed by atoms with Gasteiger partial charge in [0.1, 0.15) is 41.4 Å². The van der Waals surface area contributed by atoms with Crippen molar-refractivity contribution in [2.24, 2.45) is 0 Å². The zero-order valence-electron chi connectivity index (χ0n) is 26.3. The molecule has 0 spiro atoms. The molecule has 7 heterocycles. The Morgan fingerprint density at radius 1 is 1.15 bits per heavy atom. The molecule has 48 heavy (non-hydrogen) atoms. The first-order valence-electron chi connectivity index (χ1n) is 16.5. The number of piperidine rings is 2. The molecule has 0 radical (unpaired) electrons. The van der Waals surface area contributed by atoms with Crippen LogP contribution >= 0.6 is 0 Å². The molecular formula is C34H35F5N6O3. The molecule has 2 N–H and O–H groups in total. The van der Waals surface area contributed by atoms with Gasteiger partial charge in [-0.1, -0.05) is 13.0 Å². The van der Waals surface area contributed by atoms with Crippen LogP contribution in [0, 0.1) is 5.82 Å². The summed E-state index contributed by atoms with van der Waals surface area (Å²) in [5.74, 6) is -0.868. The van der Waals surface area contributed by atoms with E-state index in [-0.39, 0.29) is 76.3 Å². The van der Waals surface area contributed by atoms with E-state index in [1.807, 2.05) is 4.90 Å². The lowest BCUT2D eigenvalue weighted by atomic mass is 9.93. The minimum Gasteiger partial charge on any atom is -0.508 e. The van der Waals surface area contributed by atoms with Crippen LogP contribution in [0.5, 0.6) is 11.8 Å². The Labute approximate surface area is 272 Å². The Bertz CT molecular complexity index is 1990. The van der Waals surface area contributed by atoms with E-state index in [0.29, 0.717) is 24.2 Å². The van der Waals surface area contributed by atoms with Gasteiger partial charge in [-0.3, -0.25) is 14.3 Å². The number of piperazine rings is 1. The van der Waals surface area contributed by atoms with Crippen molar-refractivity contribution < 1.29 is 31.8 Å². The molecule has 9 nitrogen and oxygen atoms in total. The molecule has 0 saturated carbocycles. The Morgan fingerprint density at radius 3 is 2.69 bits per heavy atom. The average Bonchev–Trinajstić information content (AvgIpc) is 3.59. The number of aromatic hydroxyl groups is 1. The number of rotatable bonds is 6. The standard InChI is InChI=1S/C34H35F5N6O3/c1-2-23-25(36)7-4-18-10-22(46)11-26(28(18)23)45-27(34(37,38)39)12-24-29(31(45)47)41-32(42-30(24)44-16-20-5-6-21(44)14-40-20)48-17-33-8-3-9-43(33)15-19(35)13-33/h4,7,10-12,19-21,40,46H,2-3,5-6,8-9,13-17H2,1H3/t19-,20?,21?,33+/m1/s1. The van der Waals surface area contributed by atoms with Gasteiger partial charge in [-0.05, 0) is 67.8 Å². The van der Waals surface area contributed by atoms with E-state index in [2.05, 4.69) is 20.2 Å². The van der Waals surface area contributed by atoms with E-state index in [0.717, 1.165) is 44.4 Å². The molecule has 5 fully saturated rings. The van der Waals surface area contributed by atoms with Gasteiger partial charge >= 0.3 is 12.2 Å². The normalized spacial score (nSPS) is 25.8. The highest BCUT2D eigenvalue weighted by Crippen LogP contribution is 2.42. The molecule has 5 aliphatic rings. The molecule has 14 heteroatoms. The first-order valence-corrected chi connectivity index (χ1v) is 16.5. The average molecular weight is 671 g/mol. The summed E-state index contributed by atoms with van der Waals surface area (Å²) in [7, 11) is 0. The number of fused-ring (bicyclic) bond motifs is 6. The molecule has 4 atom stereocenters. The van der Waals surface area contributed by atoms with E-state index in [9.17, 15) is 14.3 Å². The topological polar surface area (TPSA) is 95.8 Å². The third-order valence-electron chi connectivity index (χ3n) is 10.7. The van der Waals surface area contributed by atoms with E-state index in [1.54, 1.807) is 6.92 Å². The summed E-state index contributed by atoms with van der Waals surface area (Å²) >= 11 is 0. The summed E-state index contributed by atoms with van der Waals surface area (Å²) in [5, 5.41) is 14.3. The summed E-state index contributed by atoms with van der Waals surface area (Å²) in [5.41, 5.74) is -3.48. The molecule has 2 aromatic carbocycles. The van der Waals surface area contributed by atoms with Crippen LogP contribution in [0.2, 0.25) is 0 Å². The van der Waals surface area contributed by atoms with Gasteiger partial charge < -0.3 is 20.1 Å². The van der Waals surface area contributed by atoms with Crippen LogP contribution in [-0.2, 0) is 12.6 Å². The van der Waals surface area contributed by atoms with Gasteiger partial charge in [-0.15, -0.1) is 0 Å². The summed E-state index contributed by atoms with van der Waals surface area (Å²) in [4.78, 5) is 27.6. The van der Waals surface area contributed by atoms with Crippen LogP contribution in [0.1, 0.15) is 50.3 Å². The number of halogens is 5. The zero-order chi connectivity index (χ0) is 33.5. The Hall–Kier alpha value is -4.04. The predicted molar refractivity (Wildman–Crippen MR) is 169 cm³/mol. The number of hydrogen-bond donors (Lipinski definition) is 2. The Kier molecular flexibility index (Phi) is 7.33. The van der Waals surface area contributed by atoms with E-state index < -0.39 is 40.7 Å². The summed E-state index contributed by atoms with van der Waals surface area (Å²) in [6.45, 7) is 3.84. The summed E-state index contributed by atoms with van der Waals surface area (Å²) in [6, 6.07) is 5.61. The van der Waals surface area contributed by atoms with Gasteiger partial charge in [0.05, 0.1) is 16.6 Å². The fourth-order valence-corrected chi connectivity index (χ4v) is 8.50. The first-order chi connectivity index (χ1) is 23.0. The van der Waals surface area contributed by atoms with Crippen molar-refractivity contribution in [2.75, 3.05) is 37.7 Å². The van der Waals surface area contributed by atoms with E-state index in [1.165, 1.54) is 18.2 Å². The van der Waals surface area contributed by atoms with Gasteiger partial charge in [-0.2, -0.15) is 23.1 Å². The van der Waals surface area contributed by atoms with Crippen LogP contribution in [0.15, 0.2) is 35.1 Å². The number of nitrogens with one attached hydrogen (secondary N) is 1. The number of aryl methyl sites for hydroxylation is 1. The van der Waals surface area contributed by atoms with Crippen molar-refractivity contribution in [1.82, 2.24) is 24.8 Å². The third-order valence-corrected chi connectivity index (χ3v) is 10.7. The molecule has 2 bridgehead atoms. The summed E-state index contributed by atoms with van der Waals surface area (Å²) in [6.07, 6.45) is -2.32. The molecule has 0 aliphatic carbocycles. The van der Waals surface area contributed by atoms with Gasteiger partial charge in [-0.25, -0.2) is 8.78 Å². The van der Waals surface area contributed by atoms with Crippen LogP contribution in [0.25, 0.3) is 27.4 Å². The molecule has 2 aromatic heterocycles. The lowest BCUT2D eigenvalue weighted by Gasteiger charge is -2.46. The second kappa shape index (κ2) is 11.3. The van der Waals surface area contributed by atoms with Crippen molar-refractivity contribution in [3.8, 4) is 17.4 Å². The van der Waals surface area contributed by atoms with Crippen LogP contribution in [0.4, 0.5) is 27.8 Å². The van der Waals surface area contributed by atoms with Crippen molar-refractivity contribution in [1.29, 1.82) is 0 Å². The highest BCUT2D eigenvalue weighted by atomic mass is 19.4. The van der Waals surface area contributed by atoms with E-state index >= 15 is 17.6 Å². The van der Waals surface area contributed by atoms with Gasteiger partial charge in [0, 0.05) is 49.6 Å². The number of benzene rings is 2. The smallest absolute Gasteiger partial charge is 0.431 e. The number of nitrogens with zero attached hydrogens (tertiary/aromatic N) is 5. The quantitative estimate of drug-likeness (QED) is 0.269. The predicted octanol–water partition coefficient (Wildman–Crippen LogP) is 5.26. The minimum atomic E-state index is -5.03. The van der Waals surface area contributed by atoms with Crippen LogP contribution in [-0.4, -0.2) is 81.1 Å². The van der Waals surface area contributed by atoms with Crippen molar-refractivity contribution in [3.63, 3.8) is 0 Å². The minimum absolute atomic E-state index is 0.0666. The second-order valence-electron chi connectivity index (χ2n) is 13.6. The molecule has 2 unspecified atom stereocenters. The number of phenolic OH excluding ortho intramolecular Hbond substituents is 1. The maximum atomic E-state index is 15.1. The fraction of sp³-hybridized carbons (Fsp3) is 0.500. The van der Waals surface area contributed by atoms with E-state index in [4.69, 9.17) is 4.74 Å². The maximum Gasteiger partial charge on any atom is 0.431 e. The number of ether oxygens (including phenoxy) is 1. The Morgan fingerprint density at radius 2 is 1.98 bits per heavy atom. The van der Waals surface area contributed by atoms with Crippen molar-refractivity contribution >= 4 is 27.5 Å². The maximum absolute atomic E-state index is 15.1. The second-order valence-corrected chi connectivity index (χ2v) is 13.6. The van der Waals surface area contributed by atoms with Crippen molar-refractivity contribution in [2.45, 2.75) is 75.4 Å². The molecule has 0 amide bonds. The van der Waals surface area contributed by atoms with Crippen LogP contribution < -0.4 is 20.5 Å². The summed E-state index contributed by atoms with van der Waals surface area (Å²) < 4.78 is 81.3. The zero-order valence-corrected chi connectivity index (χ0v) is 26.3. The molecule has 5 aliphatic heterocycles. The molecule has 9 rings (SSSR count). The molecular weight excluding hydrogens is 635 g/mol. The van der Waals surface area contributed by atoms with Gasteiger partial charge in [0.25, 0.3) is 5.56 Å². The number of alkyl halides is 4. The largest absolute Gasteiger partial charge is 0.508 e. The van der Waals surface area contributed by atoms with Crippen LogP contribution in [0.3, 0.4) is 0 Å². The first kappa shape index (κ1) is 31.2. The van der Waals surface area contributed by atoms with Gasteiger partial charge in [0.15, 0.2) is 0 Å². The van der Waals surface area contributed by atoms with Gasteiger partial charge in [0.2, 0.25) is 0 Å². The molecule has 5 saturated heterocycles. The SMILES string of the molecule is CCc1c(F)ccc2cc(O)cc(-n3c(C(F)(F)F)cc4c(N5CC6CCC5CN6)nc(OC[C@@]56CCCN5C[C@H](F)C6)nc4c3=O)c12. The fourth-order valence-electron chi connectivity index (χ4n) is 8.50.